The molecular formula is C17H23N3. The zero-order valence-corrected chi connectivity index (χ0v) is 12.8. The topological polar surface area (TPSA) is 20.5 Å². The van der Waals surface area contributed by atoms with Crippen LogP contribution in [0.3, 0.4) is 0 Å². The maximum atomic E-state index is 4.54. The first kappa shape index (κ1) is 14.4. The zero-order chi connectivity index (χ0) is 14.5. The van der Waals surface area contributed by atoms with Gasteiger partial charge in [-0.3, -0.25) is 4.99 Å². The average Bonchev–Trinajstić information content (AvgIpc) is 2.79. The molecule has 1 aromatic carbocycles. The summed E-state index contributed by atoms with van der Waals surface area (Å²) >= 11 is 0. The van der Waals surface area contributed by atoms with Gasteiger partial charge in [-0.05, 0) is 57.2 Å². The molecule has 0 unspecified atom stereocenters. The molecule has 1 heterocycles. The summed E-state index contributed by atoms with van der Waals surface area (Å²) in [4.78, 5) is 6.87. The van der Waals surface area contributed by atoms with Crippen molar-refractivity contribution in [3.8, 4) is 0 Å². The summed E-state index contributed by atoms with van der Waals surface area (Å²) < 4.78 is 2.13. The Morgan fingerprint density at radius 3 is 2.20 bits per heavy atom. The van der Waals surface area contributed by atoms with Gasteiger partial charge in [0, 0.05) is 31.5 Å². The van der Waals surface area contributed by atoms with E-state index in [9.17, 15) is 0 Å². The molecule has 0 aliphatic heterocycles. The summed E-state index contributed by atoms with van der Waals surface area (Å²) in [5, 5.41) is 0. The van der Waals surface area contributed by atoms with Gasteiger partial charge in [0.15, 0.2) is 0 Å². The summed E-state index contributed by atoms with van der Waals surface area (Å²) in [6.45, 7) is 8.50. The minimum absolute atomic E-state index is 0.986. The highest BCUT2D eigenvalue weighted by molar-refractivity contribution is 5.80. The fourth-order valence-corrected chi connectivity index (χ4v) is 2.24. The lowest BCUT2D eigenvalue weighted by Gasteiger charge is -2.20. The van der Waals surface area contributed by atoms with Crippen molar-refractivity contribution < 1.29 is 0 Å². The van der Waals surface area contributed by atoms with Gasteiger partial charge in [0.2, 0.25) is 0 Å². The predicted molar refractivity (Wildman–Crippen MR) is 87.4 cm³/mol. The van der Waals surface area contributed by atoms with E-state index in [0.29, 0.717) is 0 Å². The van der Waals surface area contributed by atoms with Crippen molar-refractivity contribution in [3.63, 3.8) is 0 Å². The Bertz CT molecular complexity index is 575. The van der Waals surface area contributed by atoms with E-state index in [-0.39, 0.29) is 0 Å². The summed E-state index contributed by atoms with van der Waals surface area (Å²) in [5.74, 6) is 0. The number of benzene rings is 1. The molecule has 20 heavy (non-hydrogen) atoms. The van der Waals surface area contributed by atoms with Gasteiger partial charge in [0.05, 0.1) is 17.6 Å². The number of aromatic nitrogens is 1. The lowest BCUT2D eigenvalue weighted by molar-refractivity contribution is 0.866. The van der Waals surface area contributed by atoms with E-state index in [0.717, 1.165) is 24.5 Å². The highest BCUT2D eigenvalue weighted by Gasteiger charge is 2.01. The van der Waals surface area contributed by atoms with Gasteiger partial charge < -0.3 is 9.47 Å². The van der Waals surface area contributed by atoms with E-state index < -0.39 is 0 Å². The number of nitrogens with zero attached hydrogens (tertiary/aromatic N) is 3. The number of aryl methyl sites for hydroxylation is 1. The molecule has 0 amide bonds. The predicted octanol–water partition coefficient (Wildman–Crippen LogP) is 3.93. The molecular weight excluding hydrogens is 246 g/mol. The Hall–Kier alpha value is -2.03. The van der Waals surface area contributed by atoms with E-state index in [1.807, 2.05) is 6.21 Å². The molecule has 0 saturated heterocycles. The molecule has 0 saturated carbocycles. The molecule has 106 valence electrons. The largest absolute Gasteiger partial charge is 0.372 e. The fraction of sp³-hybridized carbons (Fsp3) is 0.353. The molecule has 0 fully saturated rings. The number of hydrogen-bond acceptors (Lipinski definition) is 2. The SMILES string of the molecule is CCN(CC)c1ccc(N=Cc2ccc(C)n2C)cc1. The standard InChI is InChI=1S/C17H23N3/c1-5-20(6-2)16-11-8-15(9-12-16)18-13-17-10-7-14(3)19(17)4/h7-13H,5-6H2,1-4H3. The van der Waals surface area contributed by atoms with Gasteiger partial charge in [-0.2, -0.15) is 0 Å². The molecule has 0 atom stereocenters. The first-order chi connectivity index (χ1) is 9.65. The molecule has 3 heteroatoms. The van der Waals surface area contributed by atoms with Crippen LogP contribution in [-0.2, 0) is 7.05 Å². The summed E-state index contributed by atoms with van der Waals surface area (Å²) in [6, 6.07) is 12.6. The Kier molecular flexibility index (Phi) is 4.61. The maximum Gasteiger partial charge on any atom is 0.0632 e. The molecule has 0 N–H and O–H groups in total. The van der Waals surface area contributed by atoms with E-state index in [1.54, 1.807) is 0 Å². The highest BCUT2D eigenvalue weighted by Crippen LogP contribution is 2.19. The first-order valence-electron chi connectivity index (χ1n) is 7.17. The van der Waals surface area contributed by atoms with Crippen LogP contribution in [0.15, 0.2) is 41.4 Å². The average molecular weight is 269 g/mol. The van der Waals surface area contributed by atoms with Gasteiger partial charge in [0.25, 0.3) is 0 Å². The molecule has 3 nitrogen and oxygen atoms in total. The fourth-order valence-electron chi connectivity index (χ4n) is 2.24. The quantitative estimate of drug-likeness (QED) is 0.753. The van der Waals surface area contributed by atoms with Crippen LogP contribution in [0.4, 0.5) is 11.4 Å². The second-order valence-electron chi connectivity index (χ2n) is 4.91. The minimum atomic E-state index is 0.986. The molecule has 0 aliphatic rings. The van der Waals surface area contributed by atoms with Crippen molar-refractivity contribution in [1.29, 1.82) is 0 Å². The number of anilines is 1. The maximum absolute atomic E-state index is 4.54. The molecule has 0 bridgehead atoms. The normalized spacial score (nSPS) is 11.2. The van der Waals surface area contributed by atoms with Crippen molar-refractivity contribution in [2.45, 2.75) is 20.8 Å². The highest BCUT2D eigenvalue weighted by atomic mass is 15.1. The van der Waals surface area contributed by atoms with Gasteiger partial charge >= 0.3 is 0 Å². The smallest absolute Gasteiger partial charge is 0.0632 e. The van der Waals surface area contributed by atoms with Crippen molar-refractivity contribution in [1.82, 2.24) is 4.57 Å². The third kappa shape index (κ3) is 3.10. The van der Waals surface area contributed by atoms with Crippen LogP contribution in [0, 0.1) is 6.92 Å². The second-order valence-corrected chi connectivity index (χ2v) is 4.91. The Balaban J connectivity index is 2.13. The van der Waals surface area contributed by atoms with Gasteiger partial charge in [0.1, 0.15) is 0 Å². The molecule has 2 aromatic rings. The molecule has 0 spiro atoms. The Morgan fingerprint density at radius 1 is 1.05 bits per heavy atom. The summed E-state index contributed by atoms with van der Waals surface area (Å²) in [5.41, 5.74) is 4.60. The third-order valence-electron chi connectivity index (χ3n) is 3.74. The first-order valence-corrected chi connectivity index (χ1v) is 7.17. The van der Waals surface area contributed by atoms with E-state index in [4.69, 9.17) is 0 Å². The lowest BCUT2D eigenvalue weighted by atomic mass is 10.2. The van der Waals surface area contributed by atoms with E-state index in [2.05, 4.69) is 78.7 Å². The van der Waals surface area contributed by atoms with Crippen LogP contribution in [-0.4, -0.2) is 23.9 Å². The van der Waals surface area contributed by atoms with Crippen LogP contribution in [0.1, 0.15) is 25.2 Å². The van der Waals surface area contributed by atoms with Crippen molar-refractivity contribution in [3.05, 3.63) is 47.8 Å². The number of hydrogen-bond donors (Lipinski definition) is 0. The second kappa shape index (κ2) is 6.42. The summed E-state index contributed by atoms with van der Waals surface area (Å²) in [6.07, 6.45) is 1.92. The third-order valence-corrected chi connectivity index (χ3v) is 3.74. The van der Waals surface area contributed by atoms with Crippen LogP contribution in [0.5, 0.6) is 0 Å². The Labute approximate surface area is 121 Å². The molecule has 1 aromatic heterocycles. The lowest BCUT2D eigenvalue weighted by Crippen LogP contribution is -2.21. The van der Waals surface area contributed by atoms with Crippen molar-refractivity contribution in [2.24, 2.45) is 12.0 Å². The monoisotopic (exact) mass is 269 g/mol. The van der Waals surface area contributed by atoms with Crippen LogP contribution >= 0.6 is 0 Å². The molecule has 2 rings (SSSR count). The minimum Gasteiger partial charge on any atom is -0.372 e. The molecule has 0 aliphatic carbocycles. The van der Waals surface area contributed by atoms with Crippen LogP contribution in [0.2, 0.25) is 0 Å². The zero-order valence-electron chi connectivity index (χ0n) is 12.8. The van der Waals surface area contributed by atoms with Crippen molar-refractivity contribution >= 4 is 17.6 Å². The molecule has 0 radical (unpaired) electrons. The summed E-state index contributed by atoms with van der Waals surface area (Å²) in [7, 11) is 2.06. The Morgan fingerprint density at radius 2 is 1.70 bits per heavy atom. The number of aliphatic imine (C=N–C) groups is 1. The van der Waals surface area contributed by atoms with Crippen molar-refractivity contribution in [2.75, 3.05) is 18.0 Å². The van der Waals surface area contributed by atoms with E-state index in [1.165, 1.54) is 11.4 Å². The van der Waals surface area contributed by atoms with Crippen LogP contribution in [0.25, 0.3) is 0 Å². The number of rotatable bonds is 5. The van der Waals surface area contributed by atoms with E-state index >= 15 is 0 Å². The van der Waals surface area contributed by atoms with Crippen LogP contribution < -0.4 is 4.90 Å². The van der Waals surface area contributed by atoms with Gasteiger partial charge in [-0.25, -0.2) is 0 Å². The van der Waals surface area contributed by atoms with Gasteiger partial charge in [-0.1, -0.05) is 0 Å². The van der Waals surface area contributed by atoms with Gasteiger partial charge in [-0.15, -0.1) is 0 Å².